The highest BCUT2D eigenvalue weighted by Gasteiger charge is 2.19. The van der Waals surface area contributed by atoms with Gasteiger partial charge in [-0.25, -0.2) is 0 Å². The summed E-state index contributed by atoms with van der Waals surface area (Å²) in [6.45, 7) is 4.97. The average Bonchev–Trinajstić information content (AvgIpc) is 3.18. The molecule has 0 unspecified atom stereocenters. The summed E-state index contributed by atoms with van der Waals surface area (Å²) < 4.78 is 28.3. The standard InChI is InChI=1S/C23H30N2O5/c1-2-4-21-18(3-1)15-20(25-21)17-24-19-5-6-22-23(16-19)30-14-12-28-10-8-26-7-9-27-11-13-29-22/h1-6,16,20,24-25H,7-15,17H2/t20-/m0/s1. The molecule has 2 aromatic carbocycles. The van der Waals surface area contributed by atoms with E-state index in [0.717, 1.165) is 18.7 Å². The van der Waals surface area contributed by atoms with E-state index < -0.39 is 0 Å². The molecule has 0 spiro atoms. The van der Waals surface area contributed by atoms with Crippen LogP contribution < -0.4 is 20.1 Å². The molecule has 1 atom stereocenters. The van der Waals surface area contributed by atoms with Crippen LogP contribution in [0.5, 0.6) is 11.5 Å². The second-order valence-electron chi connectivity index (χ2n) is 7.28. The smallest absolute Gasteiger partial charge is 0.163 e. The van der Waals surface area contributed by atoms with E-state index in [1.807, 2.05) is 18.2 Å². The average molecular weight is 415 g/mol. The number of nitrogens with one attached hydrogen (secondary N) is 2. The van der Waals surface area contributed by atoms with E-state index in [1.165, 1.54) is 11.3 Å². The molecular formula is C23H30N2O5. The second kappa shape index (κ2) is 11.1. The SMILES string of the molecule is c1ccc2c(c1)C[C@@H](CNc1ccc3c(c1)OCCOCCOCCOCCO3)N2. The topological polar surface area (TPSA) is 70.2 Å². The van der Waals surface area contributed by atoms with Crippen LogP contribution in [0, 0.1) is 0 Å². The number of benzene rings is 2. The lowest BCUT2D eigenvalue weighted by Crippen LogP contribution is -2.25. The van der Waals surface area contributed by atoms with E-state index in [0.29, 0.717) is 70.4 Å². The van der Waals surface area contributed by atoms with E-state index in [1.54, 1.807) is 0 Å². The van der Waals surface area contributed by atoms with Gasteiger partial charge in [0, 0.05) is 30.0 Å². The van der Waals surface area contributed by atoms with E-state index in [2.05, 4.69) is 34.9 Å². The monoisotopic (exact) mass is 414 g/mol. The molecule has 0 saturated carbocycles. The summed E-state index contributed by atoms with van der Waals surface area (Å²) in [5.74, 6) is 1.42. The molecule has 0 saturated heterocycles. The van der Waals surface area contributed by atoms with Gasteiger partial charge in [0.1, 0.15) is 13.2 Å². The lowest BCUT2D eigenvalue weighted by molar-refractivity contribution is 0.00708. The maximum absolute atomic E-state index is 5.94. The van der Waals surface area contributed by atoms with E-state index in [9.17, 15) is 0 Å². The lowest BCUT2D eigenvalue weighted by Gasteiger charge is -2.17. The zero-order valence-electron chi connectivity index (χ0n) is 17.2. The Morgan fingerprint density at radius 3 is 2.17 bits per heavy atom. The van der Waals surface area contributed by atoms with Crippen LogP contribution in [0.2, 0.25) is 0 Å². The number of hydrogen-bond donors (Lipinski definition) is 2. The van der Waals surface area contributed by atoms with Crippen molar-refractivity contribution in [2.75, 3.05) is 70.0 Å². The predicted molar refractivity (Wildman–Crippen MR) is 116 cm³/mol. The number of anilines is 2. The molecule has 0 aliphatic carbocycles. The highest BCUT2D eigenvalue weighted by Crippen LogP contribution is 2.31. The van der Waals surface area contributed by atoms with Gasteiger partial charge < -0.3 is 34.3 Å². The fraction of sp³-hybridized carbons (Fsp3) is 0.478. The summed E-state index contributed by atoms with van der Waals surface area (Å²) in [7, 11) is 0. The van der Waals surface area contributed by atoms with Crippen molar-refractivity contribution in [3.8, 4) is 11.5 Å². The summed E-state index contributed by atoms with van der Waals surface area (Å²) in [6.07, 6.45) is 1.02. The number of rotatable bonds is 3. The minimum atomic E-state index is 0.366. The Hall–Kier alpha value is -2.48. The fourth-order valence-corrected chi connectivity index (χ4v) is 3.55. The quantitative estimate of drug-likeness (QED) is 0.800. The van der Waals surface area contributed by atoms with Crippen LogP contribution >= 0.6 is 0 Å². The Bertz CT molecular complexity index is 776. The molecule has 0 bridgehead atoms. The summed E-state index contributed by atoms with van der Waals surface area (Å²) in [5, 5.41) is 7.08. The molecular weight excluding hydrogens is 384 g/mol. The fourth-order valence-electron chi connectivity index (χ4n) is 3.55. The van der Waals surface area contributed by atoms with Crippen LogP contribution in [-0.4, -0.2) is 65.4 Å². The maximum atomic E-state index is 5.94. The maximum Gasteiger partial charge on any atom is 0.163 e. The summed E-state index contributed by atoms with van der Waals surface area (Å²) in [5.41, 5.74) is 3.60. The molecule has 30 heavy (non-hydrogen) atoms. The van der Waals surface area contributed by atoms with Crippen LogP contribution in [0.4, 0.5) is 11.4 Å². The van der Waals surface area contributed by atoms with Crippen LogP contribution in [-0.2, 0) is 20.6 Å². The third-order valence-corrected chi connectivity index (χ3v) is 5.05. The van der Waals surface area contributed by atoms with Crippen LogP contribution in [0.3, 0.4) is 0 Å². The van der Waals surface area contributed by atoms with Crippen molar-refractivity contribution in [3.63, 3.8) is 0 Å². The van der Waals surface area contributed by atoms with Gasteiger partial charge in [-0.15, -0.1) is 0 Å². The Balaban J connectivity index is 1.34. The largest absolute Gasteiger partial charge is 0.487 e. The molecule has 0 fully saturated rings. The number of para-hydroxylation sites is 1. The van der Waals surface area contributed by atoms with Crippen molar-refractivity contribution in [1.29, 1.82) is 0 Å². The van der Waals surface area contributed by atoms with Crippen molar-refractivity contribution < 1.29 is 23.7 Å². The van der Waals surface area contributed by atoms with Crippen molar-refractivity contribution in [2.45, 2.75) is 12.5 Å². The molecule has 2 heterocycles. The Morgan fingerprint density at radius 1 is 0.767 bits per heavy atom. The Kier molecular flexibility index (Phi) is 7.66. The molecule has 2 N–H and O–H groups in total. The lowest BCUT2D eigenvalue weighted by atomic mass is 10.1. The van der Waals surface area contributed by atoms with Gasteiger partial charge in [0.2, 0.25) is 0 Å². The first-order valence-corrected chi connectivity index (χ1v) is 10.6. The summed E-state index contributed by atoms with van der Waals surface area (Å²) in [6, 6.07) is 14.8. The van der Waals surface area contributed by atoms with E-state index in [-0.39, 0.29) is 0 Å². The Morgan fingerprint density at radius 2 is 1.43 bits per heavy atom. The van der Waals surface area contributed by atoms with Gasteiger partial charge in [-0.3, -0.25) is 0 Å². The van der Waals surface area contributed by atoms with E-state index >= 15 is 0 Å². The zero-order valence-corrected chi connectivity index (χ0v) is 17.2. The van der Waals surface area contributed by atoms with Crippen molar-refractivity contribution >= 4 is 11.4 Å². The van der Waals surface area contributed by atoms with Crippen molar-refractivity contribution in [1.82, 2.24) is 0 Å². The summed E-state index contributed by atoms with van der Waals surface area (Å²) in [4.78, 5) is 0. The molecule has 2 aliphatic rings. The zero-order chi connectivity index (χ0) is 20.4. The first kappa shape index (κ1) is 20.8. The third kappa shape index (κ3) is 6.01. The molecule has 0 aromatic heterocycles. The van der Waals surface area contributed by atoms with Crippen molar-refractivity contribution in [2.24, 2.45) is 0 Å². The normalized spacial score (nSPS) is 20.3. The third-order valence-electron chi connectivity index (χ3n) is 5.05. The van der Waals surface area contributed by atoms with Gasteiger partial charge in [0.05, 0.1) is 39.6 Å². The Labute approximate surface area is 177 Å². The first-order valence-electron chi connectivity index (χ1n) is 10.6. The predicted octanol–water partition coefficient (Wildman–Crippen LogP) is 2.96. The van der Waals surface area contributed by atoms with Gasteiger partial charge >= 0.3 is 0 Å². The van der Waals surface area contributed by atoms with E-state index in [4.69, 9.17) is 23.7 Å². The molecule has 4 rings (SSSR count). The van der Waals surface area contributed by atoms with Gasteiger partial charge in [-0.05, 0) is 30.2 Å². The molecule has 7 heteroatoms. The molecule has 0 radical (unpaired) electrons. The molecule has 0 amide bonds. The van der Waals surface area contributed by atoms with Crippen LogP contribution in [0.1, 0.15) is 5.56 Å². The van der Waals surface area contributed by atoms with Crippen LogP contribution in [0.15, 0.2) is 42.5 Å². The first-order chi connectivity index (χ1) is 14.9. The highest BCUT2D eigenvalue weighted by molar-refractivity contribution is 5.58. The van der Waals surface area contributed by atoms with Gasteiger partial charge in [0.25, 0.3) is 0 Å². The minimum Gasteiger partial charge on any atom is -0.487 e. The molecule has 2 aromatic rings. The molecule has 2 aliphatic heterocycles. The number of ether oxygens (including phenoxy) is 5. The number of hydrogen-bond acceptors (Lipinski definition) is 7. The highest BCUT2D eigenvalue weighted by atomic mass is 16.6. The minimum absolute atomic E-state index is 0.366. The van der Waals surface area contributed by atoms with Gasteiger partial charge in [-0.2, -0.15) is 0 Å². The molecule has 162 valence electrons. The van der Waals surface area contributed by atoms with Gasteiger partial charge in [0.15, 0.2) is 11.5 Å². The van der Waals surface area contributed by atoms with Crippen molar-refractivity contribution in [3.05, 3.63) is 48.0 Å². The van der Waals surface area contributed by atoms with Crippen LogP contribution in [0.25, 0.3) is 0 Å². The second-order valence-corrected chi connectivity index (χ2v) is 7.28. The van der Waals surface area contributed by atoms with Gasteiger partial charge in [-0.1, -0.05) is 18.2 Å². The molecule has 7 nitrogen and oxygen atoms in total. The summed E-state index contributed by atoms with van der Waals surface area (Å²) >= 11 is 0. The number of fused-ring (bicyclic) bond motifs is 2.